The van der Waals surface area contributed by atoms with Crippen molar-refractivity contribution < 1.29 is 4.79 Å². The molecule has 0 aliphatic carbocycles. The number of hydrogen-bond donors (Lipinski definition) is 2. The van der Waals surface area contributed by atoms with Crippen molar-refractivity contribution in [3.63, 3.8) is 0 Å². The first kappa shape index (κ1) is 16.0. The number of thiazole rings is 1. The molecule has 2 heterocycles. The predicted molar refractivity (Wildman–Crippen MR) is 94.0 cm³/mol. The second-order valence-electron chi connectivity index (χ2n) is 5.98. The summed E-state index contributed by atoms with van der Waals surface area (Å²) >= 11 is 1.47. The summed E-state index contributed by atoms with van der Waals surface area (Å²) in [6, 6.07) is 10.3. The van der Waals surface area contributed by atoms with Gasteiger partial charge in [-0.05, 0) is 38.5 Å². The Morgan fingerprint density at radius 3 is 2.78 bits per heavy atom. The summed E-state index contributed by atoms with van der Waals surface area (Å²) in [7, 11) is 2.11. The summed E-state index contributed by atoms with van der Waals surface area (Å²) in [5.74, 6) is 0. The van der Waals surface area contributed by atoms with E-state index in [0.29, 0.717) is 5.13 Å². The maximum atomic E-state index is 12.1. The maximum Gasteiger partial charge on any atom is 0.321 e. The minimum absolute atomic E-state index is 0.153. The van der Waals surface area contributed by atoms with Gasteiger partial charge in [-0.15, -0.1) is 11.3 Å². The smallest absolute Gasteiger partial charge is 0.321 e. The minimum Gasteiger partial charge on any atom is -0.335 e. The molecule has 0 spiro atoms. The number of nitrogens with one attached hydrogen (secondary N) is 2. The fourth-order valence-corrected chi connectivity index (χ4v) is 3.43. The number of urea groups is 1. The second kappa shape index (κ2) is 7.57. The van der Waals surface area contributed by atoms with Gasteiger partial charge in [-0.25, -0.2) is 9.78 Å². The number of carbonyl (C=O) groups excluding carboxylic acids is 1. The Morgan fingerprint density at radius 2 is 2.04 bits per heavy atom. The topological polar surface area (TPSA) is 57.3 Å². The van der Waals surface area contributed by atoms with E-state index in [4.69, 9.17) is 0 Å². The van der Waals surface area contributed by atoms with E-state index in [1.54, 1.807) is 0 Å². The maximum absolute atomic E-state index is 12.1. The lowest BCUT2D eigenvalue weighted by molar-refractivity contribution is 0.221. The third-order valence-electron chi connectivity index (χ3n) is 4.05. The molecule has 0 radical (unpaired) electrons. The van der Waals surface area contributed by atoms with Gasteiger partial charge in [-0.3, -0.25) is 5.32 Å². The Labute approximate surface area is 140 Å². The molecule has 1 aliphatic heterocycles. The lowest BCUT2D eigenvalue weighted by atomic mass is 10.1. The van der Waals surface area contributed by atoms with Gasteiger partial charge >= 0.3 is 6.03 Å². The molecule has 1 aromatic heterocycles. The van der Waals surface area contributed by atoms with Crippen molar-refractivity contribution in [3.8, 4) is 0 Å². The van der Waals surface area contributed by atoms with Gasteiger partial charge < -0.3 is 10.2 Å². The number of nitrogens with zero attached hydrogens (tertiary/aromatic N) is 2. The summed E-state index contributed by atoms with van der Waals surface area (Å²) < 4.78 is 0. The fraction of sp³-hybridized carbons (Fsp3) is 0.412. The third kappa shape index (κ3) is 4.77. The van der Waals surface area contributed by atoms with Gasteiger partial charge in [0.15, 0.2) is 5.13 Å². The zero-order valence-electron chi connectivity index (χ0n) is 13.3. The first-order valence-corrected chi connectivity index (χ1v) is 8.81. The van der Waals surface area contributed by atoms with Crippen LogP contribution in [0.1, 0.15) is 24.1 Å². The summed E-state index contributed by atoms with van der Waals surface area (Å²) in [5, 5.41) is 8.54. The van der Waals surface area contributed by atoms with Crippen molar-refractivity contribution in [2.45, 2.75) is 25.3 Å². The third-order valence-corrected chi connectivity index (χ3v) is 4.86. The molecule has 0 atom stereocenters. The molecule has 23 heavy (non-hydrogen) atoms. The average molecular weight is 330 g/mol. The molecule has 0 unspecified atom stereocenters. The number of piperidine rings is 1. The van der Waals surface area contributed by atoms with Crippen molar-refractivity contribution in [2.75, 3.05) is 25.5 Å². The van der Waals surface area contributed by atoms with E-state index in [0.717, 1.165) is 38.0 Å². The van der Waals surface area contributed by atoms with E-state index in [1.165, 1.54) is 16.9 Å². The Hall–Kier alpha value is -1.92. The molecule has 122 valence electrons. The van der Waals surface area contributed by atoms with Crippen LogP contribution in [-0.2, 0) is 6.42 Å². The molecule has 0 saturated carbocycles. The van der Waals surface area contributed by atoms with Gasteiger partial charge in [0.25, 0.3) is 0 Å². The fourth-order valence-electron chi connectivity index (χ4n) is 2.72. The second-order valence-corrected chi connectivity index (χ2v) is 6.84. The largest absolute Gasteiger partial charge is 0.335 e. The SMILES string of the molecule is CN1CCC(NC(=O)Nc2nc(Cc3ccccc3)cs2)CC1. The number of carbonyl (C=O) groups is 1. The quantitative estimate of drug-likeness (QED) is 0.906. The highest BCUT2D eigenvalue weighted by Gasteiger charge is 2.18. The van der Waals surface area contributed by atoms with Crippen molar-refractivity contribution in [1.29, 1.82) is 0 Å². The predicted octanol–water partition coefficient (Wildman–Crippen LogP) is 2.95. The number of hydrogen-bond acceptors (Lipinski definition) is 4. The highest BCUT2D eigenvalue weighted by molar-refractivity contribution is 7.13. The van der Waals surface area contributed by atoms with Crippen molar-refractivity contribution >= 4 is 22.5 Å². The van der Waals surface area contributed by atoms with E-state index < -0.39 is 0 Å². The highest BCUT2D eigenvalue weighted by Crippen LogP contribution is 2.18. The monoisotopic (exact) mass is 330 g/mol. The van der Waals surface area contributed by atoms with Gasteiger partial charge in [0, 0.05) is 17.8 Å². The van der Waals surface area contributed by atoms with Gasteiger partial charge in [-0.2, -0.15) is 0 Å². The van der Waals surface area contributed by atoms with Crippen LogP contribution in [0.3, 0.4) is 0 Å². The van der Waals surface area contributed by atoms with Crippen LogP contribution in [0.5, 0.6) is 0 Å². The number of likely N-dealkylation sites (tertiary alicyclic amines) is 1. The van der Waals surface area contributed by atoms with Crippen LogP contribution < -0.4 is 10.6 Å². The molecule has 2 N–H and O–H groups in total. The van der Waals surface area contributed by atoms with E-state index in [9.17, 15) is 4.79 Å². The first-order valence-electron chi connectivity index (χ1n) is 7.93. The molecule has 1 saturated heterocycles. The number of benzene rings is 1. The number of amides is 2. The average Bonchev–Trinajstić information content (AvgIpc) is 2.97. The van der Waals surface area contributed by atoms with Crippen LogP contribution >= 0.6 is 11.3 Å². The minimum atomic E-state index is -0.153. The lowest BCUT2D eigenvalue weighted by Crippen LogP contribution is -2.44. The van der Waals surface area contributed by atoms with Gasteiger partial charge in [0.2, 0.25) is 0 Å². The van der Waals surface area contributed by atoms with Crippen molar-refractivity contribution in [3.05, 3.63) is 47.0 Å². The number of anilines is 1. The van der Waals surface area contributed by atoms with Crippen LogP contribution in [-0.4, -0.2) is 42.1 Å². The van der Waals surface area contributed by atoms with Crippen molar-refractivity contribution in [2.24, 2.45) is 0 Å². The Bertz CT molecular complexity index is 635. The molecule has 1 fully saturated rings. The molecule has 1 aromatic carbocycles. The first-order chi connectivity index (χ1) is 11.2. The van der Waals surface area contributed by atoms with Crippen LogP contribution in [0.4, 0.5) is 9.93 Å². The van der Waals surface area contributed by atoms with Gasteiger partial charge in [-0.1, -0.05) is 30.3 Å². The molecule has 6 heteroatoms. The molecular weight excluding hydrogens is 308 g/mol. The summed E-state index contributed by atoms with van der Waals surface area (Å²) in [6.07, 6.45) is 2.79. The van der Waals surface area contributed by atoms with E-state index in [-0.39, 0.29) is 12.1 Å². The van der Waals surface area contributed by atoms with E-state index in [2.05, 4.69) is 39.7 Å². The lowest BCUT2D eigenvalue weighted by Gasteiger charge is -2.29. The number of rotatable bonds is 4. The zero-order chi connectivity index (χ0) is 16.1. The van der Waals surface area contributed by atoms with Crippen LogP contribution in [0.2, 0.25) is 0 Å². The summed E-state index contributed by atoms with van der Waals surface area (Å²) in [6.45, 7) is 2.06. The normalized spacial score (nSPS) is 16.2. The molecule has 2 aromatic rings. The van der Waals surface area contributed by atoms with Crippen LogP contribution in [0.25, 0.3) is 0 Å². The van der Waals surface area contributed by atoms with Crippen molar-refractivity contribution in [1.82, 2.24) is 15.2 Å². The van der Waals surface area contributed by atoms with Crippen LogP contribution in [0, 0.1) is 0 Å². The molecule has 0 bridgehead atoms. The molecule has 2 amide bonds. The Morgan fingerprint density at radius 1 is 1.30 bits per heavy atom. The molecular formula is C17H22N4OS. The van der Waals surface area contributed by atoms with Gasteiger partial charge in [0.05, 0.1) is 5.69 Å². The molecule has 1 aliphatic rings. The standard InChI is InChI=1S/C17H22N4OS/c1-21-9-7-14(8-10-21)18-16(22)20-17-19-15(12-23-17)11-13-5-3-2-4-6-13/h2-6,12,14H,7-11H2,1H3,(H2,18,19,20,22). The zero-order valence-corrected chi connectivity index (χ0v) is 14.1. The summed E-state index contributed by atoms with van der Waals surface area (Å²) in [4.78, 5) is 18.8. The Kier molecular flexibility index (Phi) is 5.25. The van der Waals surface area contributed by atoms with Crippen LogP contribution in [0.15, 0.2) is 35.7 Å². The molecule has 3 rings (SSSR count). The van der Waals surface area contributed by atoms with E-state index in [1.807, 2.05) is 23.6 Å². The summed E-state index contributed by atoms with van der Waals surface area (Å²) in [5.41, 5.74) is 2.20. The van der Waals surface area contributed by atoms with E-state index >= 15 is 0 Å². The Balaban J connectivity index is 1.49. The number of aromatic nitrogens is 1. The van der Waals surface area contributed by atoms with Gasteiger partial charge in [0.1, 0.15) is 0 Å². The molecule has 5 nitrogen and oxygen atoms in total. The highest BCUT2D eigenvalue weighted by atomic mass is 32.1.